The van der Waals surface area contributed by atoms with Crippen molar-refractivity contribution < 1.29 is 4.39 Å². The van der Waals surface area contributed by atoms with Gasteiger partial charge in [-0.1, -0.05) is 5.57 Å². The number of likely N-dealkylation sites (tertiary alicyclic amines) is 1. The molecule has 0 atom stereocenters. The first-order valence-electron chi connectivity index (χ1n) is 3.69. The molecule has 0 aromatic rings. The van der Waals surface area contributed by atoms with E-state index < -0.39 is 6.17 Å². The summed E-state index contributed by atoms with van der Waals surface area (Å²) in [6, 6.07) is 0. The van der Waals surface area contributed by atoms with E-state index in [4.69, 9.17) is 0 Å². The first-order chi connectivity index (χ1) is 4.68. The highest BCUT2D eigenvalue weighted by Gasteiger charge is 2.24. The fraction of sp³-hybridized carbons (Fsp3) is 0.750. The average Bonchev–Trinajstić information content (AvgIpc) is 1.77. The topological polar surface area (TPSA) is 3.24 Å². The van der Waals surface area contributed by atoms with Crippen LogP contribution in [0.4, 0.5) is 4.39 Å². The summed E-state index contributed by atoms with van der Waals surface area (Å²) in [5, 5.41) is 0. The zero-order chi connectivity index (χ0) is 7.56. The predicted molar refractivity (Wildman–Crippen MR) is 40.8 cm³/mol. The first kappa shape index (κ1) is 7.73. The van der Waals surface area contributed by atoms with E-state index >= 15 is 0 Å². The van der Waals surface area contributed by atoms with Gasteiger partial charge in [-0.2, -0.15) is 0 Å². The van der Waals surface area contributed by atoms with Crippen LogP contribution in [0.1, 0.15) is 13.3 Å². The van der Waals surface area contributed by atoms with E-state index in [1.807, 2.05) is 6.92 Å². The Bertz CT molecular complexity index is 127. The molecule has 1 rings (SSSR count). The largest absolute Gasteiger partial charge is 0.297 e. The van der Waals surface area contributed by atoms with Crippen molar-refractivity contribution in [2.75, 3.05) is 19.6 Å². The molecule has 1 heterocycles. The van der Waals surface area contributed by atoms with Gasteiger partial charge in [-0.25, -0.2) is 4.39 Å². The Hall–Kier alpha value is -0.370. The van der Waals surface area contributed by atoms with Gasteiger partial charge < -0.3 is 0 Å². The van der Waals surface area contributed by atoms with Gasteiger partial charge in [-0.3, -0.25) is 4.90 Å². The van der Waals surface area contributed by atoms with Crippen molar-refractivity contribution in [3.63, 3.8) is 0 Å². The number of hydrogen-bond donors (Lipinski definition) is 0. The third-order valence-corrected chi connectivity index (χ3v) is 1.77. The second-order valence-corrected chi connectivity index (χ2v) is 3.06. The van der Waals surface area contributed by atoms with Crippen molar-refractivity contribution >= 4 is 0 Å². The van der Waals surface area contributed by atoms with Crippen LogP contribution in [0.25, 0.3) is 0 Å². The minimum Gasteiger partial charge on any atom is -0.297 e. The fourth-order valence-corrected chi connectivity index (χ4v) is 1.04. The van der Waals surface area contributed by atoms with Crippen LogP contribution in [-0.2, 0) is 0 Å². The minimum atomic E-state index is -0.565. The molecule has 1 nitrogen and oxygen atoms in total. The molecule has 1 aliphatic heterocycles. The van der Waals surface area contributed by atoms with Crippen LogP contribution in [0.3, 0.4) is 0 Å². The Morgan fingerprint density at radius 1 is 1.70 bits per heavy atom. The van der Waals surface area contributed by atoms with Crippen LogP contribution in [0.5, 0.6) is 0 Å². The Morgan fingerprint density at radius 3 is 2.70 bits per heavy atom. The fourth-order valence-electron chi connectivity index (χ4n) is 1.04. The summed E-state index contributed by atoms with van der Waals surface area (Å²) in [5.74, 6) is 0. The van der Waals surface area contributed by atoms with Crippen molar-refractivity contribution in [1.29, 1.82) is 0 Å². The highest BCUT2D eigenvalue weighted by atomic mass is 19.1. The maximum atomic E-state index is 12.2. The van der Waals surface area contributed by atoms with E-state index in [2.05, 4.69) is 11.5 Å². The Kier molecular flexibility index (Phi) is 2.44. The lowest BCUT2D eigenvalue weighted by Crippen LogP contribution is -2.48. The molecule has 0 saturated carbocycles. The molecule has 0 N–H and O–H groups in total. The van der Waals surface area contributed by atoms with Crippen LogP contribution in [0.2, 0.25) is 0 Å². The Balaban J connectivity index is 2.00. The van der Waals surface area contributed by atoms with Crippen molar-refractivity contribution in [2.45, 2.75) is 19.5 Å². The predicted octanol–water partition coefficient (Wildman–Crippen LogP) is 1.61. The maximum Gasteiger partial charge on any atom is 0.125 e. The standard InChI is InChI=1S/C8H14FN/c1-7(2)3-4-10-5-8(9)6-10/h8H,1,3-6H2,2H3. The van der Waals surface area contributed by atoms with Crippen molar-refractivity contribution in [3.05, 3.63) is 12.2 Å². The van der Waals surface area contributed by atoms with Gasteiger partial charge in [0.25, 0.3) is 0 Å². The molecule has 58 valence electrons. The molecule has 2 heteroatoms. The summed E-state index contributed by atoms with van der Waals surface area (Å²) in [4.78, 5) is 2.11. The molecular formula is C8H14FN. The second kappa shape index (κ2) is 3.15. The zero-order valence-corrected chi connectivity index (χ0v) is 6.44. The van der Waals surface area contributed by atoms with Crippen LogP contribution < -0.4 is 0 Å². The van der Waals surface area contributed by atoms with Gasteiger partial charge in [0, 0.05) is 19.6 Å². The van der Waals surface area contributed by atoms with Crippen LogP contribution in [0.15, 0.2) is 12.2 Å². The summed E-state index contributed by atoms with van der Waals surface area (Å²) >= 11 is 0. The monoisotopic (exact) mass is 143 g/mol. The zero-order valence-electron chi connectivity index (χ0n) is 6.44. The summed E-state index contributed by atoms with van der Waals surface area (Å²) in [5.41, 5.74) is 1.18. The van der Waals surface area contributed by atoms with E-state index in [1.54, 1.807) is 0 Å². The normalized spacial score (nSPS) is 20.6. The van der Waals surface area contributed by atoms with Gasteiger partial charge in [0.15, 0.2) is 0 Å². The third-order valence-electron chi connectivity index (χ3n) is 1.77. The number of alkyl halides is 1. The number of hydrogen-bond acceptors (Lipinski definition) is 1. The van der Waals surface area contributed by atoms with E-state index in [0.29, 0.717) is 13.1 Å². The Morgan fingerprint density at radius 2 is 2.30 bits per heavy atom. The number of rotatable bonds is 3. The summed E-state index contributed by atoms with van der Waals surface area (Å²) in [7, 11) is 0. The highest BCUT2D eigenvalue weighted by molar-refractivity contribution is 4.90. The lowest BCUT2D eigenvalue weighted by Gasteiger charge is -2.34. The van der Waals surface area contributed by atoms with Gasteiger partial charge in [0.1, 0.15) is 6.17 Å². The van der Waals surface area contributed by atoms with Crippen molar-refractivity contribution in [2.24, 2.45) is 0 Å². The molecule has 0 unspecified atom stereocenters. The molecule has 0 aromatic carbocycles. The third kappa shape index (κ3) is 2.10. The molecule has 1 fully saturated rings. The van der Waals surface area contributed by atoms with E-state index in [9.17, 15) is 4.39 Å². The molecule has 10 heavy (non-hydrogen) atoms. The first-order valence-corrected chi connectivity index (χ1v) is 3.69. The maximum absolute atomic E-state index is 12.2. The van der Waals surface area contributed by atoms with Crippen LogP contribution >= 0.6 is 0 Å². The van der Waals surface area contributed by atoms with Gasteiger partial charge in [-0.05, 0) is 13.3 Å². The van der Waals surface area contributed by atoms with E-state index in [-0.39, 0.29) is 0 Å². The lowest BCUT2D eigenvalue weighted by atomic mass is 10.1. The Labute approximate surface area is 61.5 Å². The average molecular weight is 143 g/mol. The van der Waals surface area contributed by atoms with Gasteiger partial charge in [0.05, 0.1) is 0 Å². The summed E-state index contributed by atoms with van der Waals surface area (Å²) in [6.07, 6.45) is 0.442. The molecule has 1 aliphatic rings. The van der Waals surface area contributed by atoms with Crippen molar-refractivity contribution in [3.8, 4) is 0 Å². The van der Waals surface area contributed by atoms with Gasteiger partial charge in [-0.15, -0.1) is 6.58 Å². The molecule has 1 saturated heterocycles. The molecule has 0 radical (unpaired) electrons. The SMILES string of the molecule is C=C(C)CCN1CC(F)C1. The highest BCUT2D eigenvalue weighted by Crippen LogP contribution is 2.12. The number of halogens is 1. The van der Waals surface area contributed by atoms with E-state index in [1.165, 1.54) is 5.57 Å². The number of nitrogens with zero attached hydrogens (tertiary/aromatic N) is 1. The summed E-state index contributed by atoms with van der Waals surface area (Å²) in [6.45, 7) is 8.04. The van der Waals surface area contributed by atoms with Crippen LogP contribution in [-0.4, -0.2) is 30.7 Å². The molecule has 0 aromatic heterocycles. The minimum absolute atomic E-state index is 0.565. The van der Waals surface area contributed by atoms with Crippen LogP contribution in [0, 0.1) is 0 Å². The molecule has 0 amide bonds. The molecule has 0 aliphatic carbocycles. The quantitative estimate of drug-likeness (QED) is 0.542. The van der Waals surface area contributed by atoms with Gasteiger partial charge in [0.2, 0.25) is 0 Å². The molecule has 0 bridgehead atoms. The van der Waals surface area contributed by atoms with Crippen molar-refractivity contribution in [1.82, 2.24) is 4.90 Å². The second-order valence-electron chi connectivity index (χ2n) is 3.06. The van der Waals surface area contributed by atoms with Gasteiger partial charge >= 0.3 is 0 Å². The molecule has 0 spiro atoms. The summed E-state index contributed by atoms with van der Waals surface area (Å²) < 4.78 is 12.2. The smallest absolute Gasteiger partial charge is 0.125 e. The van der Waals surface area contributed by atoms with E-state index in [0.717, 1.165) is 13.0 Å². The lowest BCUT2D eigenvalue weighted by molar-refractivity contribution is 0.0670. The molecular weight excluding hydrogens is 129 g/mol.